The van der Waals surface area contributed by atoms with Crippen LogP contribution in [0.4, 0.5) is 5.13 Å². The van der Waals surface area contributed by atoms with Crippen LogP contribution < -0.4 is 5.32 Å². The van der Waals surface area contributed by atoms with Gasteiger partial charge in [-0.2, -0.15) is 0 Å². The highest BCUT2D eigenvalue weighted by Crippen LogP contribution is 2.24. The fourth-order valence-corrected chi connectivity index (χ4v) is 4.16. The van der Waals surface area contributed by atoms with Crippen LogP contribution in [-0.4, -0.2) is 39.5 Å². The molecule has 3 heterocycles. The van der Waals surface area contributed by atoms with Gasteiger partial charge in [0.25, 0.3) is 5.91 Å². The lowest BCUT2D eigenvalue weighted by atomic mass is 10.2. The fourth-order valence-electron chi connectivity index (χ4n) is 2.63. The van der Waals surface area contributed by atoms with Crippen molar-refractivity contribution in [3.05, 3.63) is 27.4 Å². The molecule has 3 rings (SSSR count). The van der Waals surface area contributed by atoms with E-state index in [4.69, 9.17) is 0 Å². The summed E-state index contributed by atoms with van der Waals surface area (Å²) in [6.45, 7) is 2.69. The van der Waals surface area contributed by atoms with Crippen LogP contribution in [0.2, 0.25) is 0 Å². The summed E-state index contributed by atoms with van der Waals surface area (Å²) in [7, 11) is 0. The van der Waals surface area contributed by atoms with Gasteiger partial charge in [-0.1, -0.05) is 24.3 Å². The number of thiophene rings is 1. The molecule has 23 heavy (non-hydrogen) atoms. The summed E-state index contributed by atoms with van der Waals surface area (Å²) < 4.78 is 0. The third kappa shape index (κ3) is 3.59. The summed E-state index contributed by atoms with van der Waals surface area (Å²) in [6.07, 6.45) is 3.38. The number of carbonyl (C=O) groups excluding carboxylic acids is 2. The minimum atomic E-state index is -0.428. The number of nitrogens with one attached hydrogen (secondary N) is 1. The molecule has 1 N–H and O–H groups in total. The van der Waals surface area contributed by atoms with Gasteiger partial charge in [-0.25, -0.2) is 0 Å². The Hall–Kier alpha value is -1.80. The van der Waals surface area contributed by atoms with Crippen molar-refractivity contribution in [2.75, 3.05) is 11.9 Å². The standard InChI is InChI=1S/C15H18N4O2S2/c1-2-5-12-17-18-15(23-12)16-13(20)10-6-3-8-19(10)14(21)11-7-4-9-22-11/h4,7,9-10H,2-3,5-6,8H2,1H3,(H,16,18,20). The molecule has 8 heteroatoms. The quantitative estimate of drug-likeness (QED) is 0.900. The second-order valence-corrected chi connectivity index (χ2v) is 7.38. The monoisotopic (exact) mass is 350 g/mol. The van der Waals surface area contributed by atoms with E-state index < -0.39 is 6.04 Å². The Kier molecular flexibility index (Phi) is 5.02. The Morgan fingerprint density at radius 2 is 2.30 bits per heavy atom. The lowest BCUT2D eigenvalue weighted by Gasteiger charge is -2.22. The molecule has 0 saturated carbocycles. The summed E-state index contributed by atoms with van der Waals surface area (Å²) in [5.74, 6) is -0.242. The first-order valence-corrected chi connectivity index (χ1v) is 9.36. The number of hydrogen-bond acceptors (Lipinski definition) is 6. The minimum Gasteiger partial charge on any atom is -0.326 e. The molecule has 0 radical (unpaired) electrons. The number of anilines is 1. The molecule has 1 atom stereocenters. The first kappa shape index (κ1) is 16.1. The molecule has 2 aromatic heterocycles. The second-order valence-electron chi connectivity index (χ2n) is 5.37. The van der Waals surface area contributed by atoms with Crippen LogP contribution in [-0.2, 0) is 11.2 Å². The van der Waals surface area contributed by atoms with E-state index in [-0.39, 0.29) is 11.8 Å². The summed E-state index contributed by atoms with van der Waals surface area (Å²) in [5.41, 5.74) is 0. The van der Waals surface area contributed by atoms with E-state index in [1.165, 1.54) is 22.7 Å². The number of aryl methyl sites for hydroxylation is 1. The van der Waals surface area contributed by atoms with Crippen molar-refractivity contribution < 1.29 is 9.59 Å². The smallest absolute Gasteiger partial charge is 0.264 e. The fraction of sp³-hybridized carbons (Fsp3) is 0.467. The van der Waals surface area contributed by atoms with Gasteiger partial charge in [0, 0.05) is 13.0 Å². The maximum atomic E-state index is 12.5. The Labute approximate surface area is 142 Å². The molecule has 2 amide bonds. The van der Waals surface area contributed by atoms with E-state index >= 15 is 0 Å². The first-order valence-electron chi connectivity index (χ1n) is 7.66. The zero-order valence-corrected chi connectivity index (χ0v) is 14.5. The normalized spacial score (nSPS) is 17.4. The molecule has 6 nitrogen and oxygen atoms in total. The number of aromatic nitrogens is 2. The molecule has 1 unspecified atom stereocenters. The van der Waals surface area contributed by atoms with Gasteiger partial charge in [0.2, 0.25) is 11.0 Å². The molecule has 1 fully saturated rings. The Bertz CT molecular complexity index is 683. The van der Waals surface area contributed by atoms with Crippen LogP contribution >= 0.6 is 22.7 Å². The average molecular weight is 350 g/mol. The third-order valence-corrected chi connectivity index (χ3v) is 5.47. The molecule has 1 saturated heterocycles. The second kappa shape index (κ2) is 7.18. The van der Waals surface area contributed by atoms with Gasteiger partial charge >= 0.3 is 0 Å². The molecule has 1 aliphatic heterocycles. The van der Waals surface area contributed by atoms with Crippen molar-refractivity contribution in [2.24, 2.45) is 0 Å². The molecule has 1 aliphatic rings. The first-order chi connectivity index (χ1) is 11.2. The number of amides is 2. The van der Waals surface area contributed by atoms with Crippen LogP contribution in [0, 0.1) is 0 Å². The van der Waals surface area contributed by atoms with Crippen molar-refractivity contribution in [1.29, 1.82) is 0 Å². The maximum Gasteiger partial charge on any atom is 0.264 e. The van der Waals surface area contributed by atoms with Crippen LogP contribution in [0.5, 0.6) is 0 Å². The summed E-state index contributed by atoms with van der Waals surface area (Å²) >= 11 is 2.80. The largest absolute Gasteiger partial charge is 0.326 e. The van der Waals surface area contributed by atoms with Crippen molar-refractivity contribution in [2.45, 2.75) is 38.6 Å². The van der Waals surface area contributed by atoms with Gasteiger partial charge in [-0.3, -0.25) is 14.9 Å². The average Bonchev–Trinajstić information content (AvgIpc) is 3.28. The predicted molar refractivity (Wildman–Crippen MR) is 90.9 cm³/mol. The molecular formula is C15H18N4O2S2. The number of likely N-dealkylation sites (tertiary alicyclic amines) is 1. The maximum absolute atomic E-state index is 12.5. The summed E-state index contributed by atoms with van der Waals surface area (Å²) in [4.78, 5) is 27.3. The molecular weight excluding hydrogens is 332 g/mol. The zero-order valence-electron chi connectivity index (χ0n) is 12.8. The Morgan fingerprint density at radius 3 is 3.04 bits per heavy atom. The highest BCUT2D eigenvalue weighted by molar-refractivity contribution is 7.15. The highest BCUT2D eigenvalue weighted by Gasteiger charge is 2.35. The zero-order chi connectivity index (χ0) is 16.2. The van der Waals surface area contributed by atoms with E-state index in [1.54, 1.807) is 11.0 Å². The highest BCUT2D eigenvalue weighted by atomic mass is 32.1. The SMILES string of the molecule is CCCc1nnc(NC(=O)C2CCCN2C(=O)c2cccs2)s1. The van der Waals surface area contributed by atoms with E-state index in [1.807, 2.05) is 11.4 Å². The van der Waals surface area contributed by atoms with Gasteiger partial charge in [0.15, 0.2) is 0 Å². The van der Waals surface area contributed by atoms with E-state index in [0.717, 1.165) is 24.3 Å². The Morgan fingerprint density at radius 1 is 1.43 bits per heavy atom. The van der Waals surface area contributed by atoms with Gasteiger partial charge in [-0.05, 0) is 30.7 Å². The van der Waals surface area contributed by atoms with Crippen molar-refractivity contribution in [3.8, 4) is 0 Å². The van der Waals surface area contributed by atoms with E-state index in [0.29, 0.717) is 23.0 Å². The van der Waals surface area contributed by atoms with E-state index in [2.05, 4.69) is 22.4 Å². The minimum absolute atomic E-state index is 0.0680. The van der Waals surface area contributed by atoms with Gasteiger partial charge < -0.3 is 4.90 Å². The lowest BCUT2D eigenvalue weighted by Crippen LogP contribution is -2.42. The molecule has 0 aliphatic carbocycles. The molecule has 2 aromatic rings. The van der Waals surface area contributed by atoms with Crippen LogP contribution in [0.1, 0.15) is 40.9 Å². The van der Waals surface area contributed by atoms with Crippen molar-refractivity contribution >= 4 is 39.6 Å². The van der Waals surface area contributed by atoms with Crippen molar-refractivity contribution in [1.82, 2.24) is 15.1 Å². The number of hydrogen-bond donors (Lipinski definition) is 1. The van der Waals surface area contributed by atoms with E-state index in [9.17, 15) is 9.59 Å². The molecule has 0 aromatic carbocycles. The van der Waals surface area contributed by atoms with Crippen LogP contribution in [0.15, 0.2) is 17.5 Å². The van der Waals surface area contributed by atoms with Gasteiger partial charge in [0.05, 0.1) is 4.88 Å². The van der Waals surface area contributed by atoms with Gasteiger partial charge in [0.1, 0.15) is 11.0 Å². The third-order valence-electron chi connectivity index (χ3n) is 3.71. The topological polar surface area (TPSA) is 75.2 Å². The lowest BCUT2D eigenvalue weighted by molar-refractivity contribution is -0.119. The Balaban J connectivity index is 1.66. The summed E-state index contributed by atoms with van der Waals surface area (Å²) in [5, 5.41) is 14.2. The number of nitrogens with zero attached hydrogens (tertiary/aromatic N) is 3. The van der Waals surface area contributed by atoms with Crippen LogP contribution in [0.25, 0.3) is 0 Å². The predicted octanol–water partition coefficient (Wildman–Crippen LogP) is 2.80. The van der Waals surface area contributed by atoms with Crippen molar-refractivity contribution in [3.63, 3.8) is 0 Å². The van der Waals surface area contributed by atoms with Gasteiger partial charge in [-0.15, -0.1) is 21.5 Å². The molecule has 0 bridgehead atoms. The summed E-state index contributed by atoms with van der Waals surface area (Å²) in [6, 6.07) is 3.21. The number of rotatable bonds is 5. The number of carbonyl (C=O) groups is 2. The molecule has 122 valence electrons. The van der Waals surface area contributed by atoms with Crippen LogP contribution in [0.3, 0.4) is 0 Å². The molecule has 0 spiro atoms.